The van der Waals surface area contributed by atoms with Crippen LogP contribution in [0.25, 0.3) is 0 Å². The van der Waals surface area contributed by atoms with E-state index in [1.165, 1.54) is 64.2 Å². The molecule has 0 spiro atoms. The van der Waals surface area contributed by atoms with Crippen LogP contribution in [0.5, 0.6) is 0 Å². The Labute approximate surface area is 169 Å². The molecule has 0 aliphatic rings. The van der Waals surface area contributed by atoms with Crippen LogP contribution >= 0.6 is 0 Å². The molecule has 4 nitrogen and oxygen atoms in total. The van der Waals surface area contributed by atoms with Crippen LogP contribution in [0.15, 0.2) is 49.1 Å². The van der Waals surface area contributed by atoms with E-state index in [-0.39, 0.29) is 0 Å². The molecule has 0 radical (unpaired) electrons. The lowest BCUT2D eigenvalue weighted by molar-refractivity contribution is -0.697. The Morgan fingerprint density at radius 3 is 1.29 bits per heavy atom. The van der Waals surface area contributed by atoms with Gasteiger partial charge in [0.25, 0.3) is 0 Å². The van der Waals surface area contributed by atoms with E-state index in [1.807, 2.05) is 49.1 Å². The molecule has 28 heavy (non-hydrogen) atoms. The Morgan fingerprint density at radius 1 is 0.571 bits per heavy atom. The van der Waals surface area contributed by atoms with Gasteiger partial charge in [-0.15, -0.1) is 0 Å². The number of nitrogens with zero attached hydrogens (tertiary/aromatic N) is 4. The molecule has 2 aromatic heterocycles. The van der Waals surface area contributed by atoms with Crippen molar-refractivity contribution in [3.05, 3.63) is 60.2 Å². The molecule has 0 N–H and O–H groups in total. The summed E-state index contributed by atoms with van der Waals surface area (Å²) in [5.74, 6) is 0. The van der Waals surface area contributed by atoms with Gasteiger partial charge < -0.3 is 0 Å². The summed E-state index contributed by atoms with van der Waals surface area (Å²) in [4.78, 5) is 0. The molecule has 4 heteroatoms. The van der Waals surface area contributed by atoms with Gasteiger partial charge in [0.15, 0.2) is 24.8 Å². The fourth-order valence-corrected chi connectivity index (χ4v) is 3.46. The van der Waals surface area contributed by atoms with E-state index >= 15 is 0 Å². The summed E-state index contributed by atoms with van der Waals surface area (Å²) in [5, 5.41) is 17.8. The third kappa shape index (κ3) is 8.78. The van der Waals surface area contributed by atoms with Gasteiger partial charge in [-0.05, 0) is 25.0 Å². The van der Waals surface area contributed by atoms with Crippen molar-refractivity contribution in [2.75, 3.05) is 0 Å². The predicted octanol–water partition coefficient (Wildman–Crippen LogP) is 4.61. The van der Waals surface area contributed by atoms with E-state index in [4.69, 9.17) is 10.5 Å². The predicted molar refractivity (Wildman–Crippen MR) is 109 cm³/mol. The Bertz CT molecular complexity index is 718. The number of aromatic nitrogens is 2. The number of hydrogen-bond donors (Lipinski definition) is 0. The summed E-state index contributed by atoms with van der Waals surface area (Å²) in [6.45, 7) is 2.01. The monoisotopic (exact) mass is 376 g/mol. The van der Waals surface area contributed by atoms with Gasteiger partial charge in [0, 0.05) is 25.0 Å². The first-order valence-electron chi connectivity index (χ1n) is 10.6. The normalized spacial score (nSPS) is 10.4. The van der Waals surface area contributed by atoms with E-state index < -0.39 is 0 Å². The Balaban J connectivity index is 1.39. The van der Waals surface area contributed by atoms with Gasteiger partial charge >= 0.3 is 0 Å². The average Bonchev–Trinajstić information content (AvgIpc) is 2.74. The zero-order valence-corrected chi connectivity index (χ0v) is 16.9. The van der Waals surface area contributed by atoms with Crippen LogP contribution in [-0.4, -0.2) is 0 Å². The van der Waals surface area contributed by atoms with Gasteiger partial charge in [0.1, 0.15) is 36.4 Å². The fourth-order valence-electron chi connectivity index (χ4n) is 3.46. The van der Waals surface area contributed by atoms with Crippen LogP contribution in [0.1, 0.15) is 75.3 Å². The highest BCUT2D eigenvalue weighted by molar-refractivity contribution is 5.22. The van der Waals surface area contributed by atoms with Gasteiger partial charge in [0.05, 0.1) is 0 Å². The highest BCUT2D eigenvalue weighted by Crippen LogP contribution is 2.10. The number of unbranched alkanes of at least 4 members (excludes halogenated alkanes) is 9. The lowest BCUT2D eigenvalue weighted by Gasteiger charge is -2.02. The number of nitriles is 2. The molecule has 0 bridgehead atoms. The standard InChI is InChI=1S/C24H32N4/c25-19-23-13-11-17-27(21-23)15-9-7-5-3-1-2-4-6-8-10-16-28-18-12-14-24(20-26)22-28/h11-14,17-18,21-22H,1-10,15-16H2/q+2. The Morgan fingerprint density at radius 2 is 0.929 bits per heavy atom. The van der Waals surface area contributed by atoms with E-state index in [0.717, 1.165) is 24.2 Å². The number of aryl methyl sites for hydroxylation is 2. The van der Waals surface area contributed by atoms with Crippen LogP contribution in [0, 0.1) is 22.7 Å². The second-order valence-corrected chi connectivity index (χ2v) is 7.42. The van der Waals surface area contributed by atoms with Gasteiger partial charge in [-0.25, -0.2) is 9.13 Å². The van der Waals surface area contributed by atoms with Gasteiger partial charge in [-0.2, -0.15) is 10.5 Å². The van der Waals surface area contributed by atoms with E-state index in [9.17, 15) is 0 Å². The number of hydrogen-bond acceptors (Lipinski definition) is 2. The molecule has 0 unspecified atom stereocenters. The van der Waals surface area contributed by atoms with Crippen molar-refractivity contribution in [3.8, 4) is 12.1 Å². The SMILES string of the molecule is N#Cc1ccc[n+](CCCCCCCCCCCC[n+]2cccc(C#N)c2)c1. The van der Waals surface area contributed by atoms with E-state index in [2.05, 4.69) is 21.3 Å². The molecular weight excluding hydrogens is 344 g/mol. The fraction of sp³-hybridized carbons (Fsp3) is 0.500. The van der Waals surface area contributed by atoms with E-state index in [1.54, 1.807) is 0 Å². The van der Waals surface area contributed by atoms with Crippen molar-refractivity contribution >= 4 is 0 Å². The van der Waals surface area contributed by atoms with Crippen LogP contribution in [0.3, 0.4) is 0 Å². The summed E-state index contributed by atoms with van der Waals surface area (Å²) in [5.41, 5.74) is 1.47. The van der Waals surface area contributed by atoms with E-state index in [0.29, 0.717) is 0 Å². The first-order chi connectivity index (χ1) is 13.8. The molecule has 0 aromatic carbocycles. The largest absolute Gasteiger partial charge is 0.204 e. The lowest BCUT2D eigenvalue weighted by atomic mass is 10.1. The smallest absolute Gasteiger partial charge is 0.186 e. The highest BCUT2D eigenvalue weighted by Gasteiger charge is 2.03. The van der Waals surface area contributed by atoms with Gasteiger partial charge in [0.2, 0.25) is 0 Å². The maximum Gasteiger partial charge on any atom is 0.186 e. The summed E-state index contributed by atoms with van der Waals surface area (Å²) >= 11 is 0. The Hall–Kier alpha value is -2.72. The molecule has 0 fully saturated rings. The van der Waals surface area contributed by atoms with Crippen LogP contribution in [0.2, 0.25) is 0 Å². The van der Waals surface area contributed by atoms with Crippen molar-refractivity contribution in [3.63, 3.8) is 0 Å². The molecule has 0 amide bonds. The summed E-state index contributed by atoms with van der Waals surface area (Å²) in [7, 11) is 0. The quantitative estimate of drug-likeness (QED) is 0.379. The molecule has 0 atom stereocenters. The van der Waals surface area contributed by atoms with Crippen molar-refractivity contribution in [2.24, 2.45) is 0 Å². The number of pyridine rings is 2. The lowest BCUT2D eigenvalue weighted by Crippen LogP contribution is -2.32. The summed E-state index contributed by atoms with van der Waals surface area (Å²) in [6.07, 6.45) is 20.8. The molecule has 0 aliphatic heterocycles. The first-order valence-corrected chi connectivity index (χ1v) is 10.6. The second-order valence-electron chi connectivity index (χ2n) is 7.42. The van der Waals surface area contributed by atoms with Gasteiger partial charge in [-0.1, -0.05) is 38.5 Å². The highest BCUT2D eigenvalue weighted by atomic mass is 14.9. The molecule has 0 aliphatic carbocycles. The molecule has 2 heterocycles. The molecule has 0 saturated heterocycles. The van der Waals surface area contributed by atoms with Gasteiger partial charge in [-0.3, -0.25) is 0 Å². The van der Waals surface area contributed by atoms with Crippen molar-refractivity contribution in [1.82, 2.24) is 0 Å². The summed E-state index contributed by atoms with van der Waals surface area (Å²) < 4.78 is 4.24. The summed E-state index contributed by atoms with van der Waals surface area (Å²) in [6, 6.07) is 12.0. The number of rotatable bonds is 13. The second kappa shape index (κ2) is 13.4. The zero-order chi connectivity index (χ0) is 19.9. The van der Waals surface area contributed by atoms with Crippen molar-refractivity contribution < 1.29 is 9.13 Å². The molecule has 0 saturated carbocycles. The minimum absolute atomic E-state index is 0.733. The van der Waals surface area contributed by atoms with Crippen molar-refractivity contribution in [1.29, 1.82) is 10.5 Å². The third-order valence-corrected chi connectivity index (χ3v) is 5.06. The minimum atomic E-state index is 0.733. The maximum atomic E-state index is 8.92. The zero-order valence-electron chi connectivity index (χ0n) is 16.9. The third-order valence-electron chi connectivity index (χ3n) is 5.06. The molecule has 146 valence electrons. The maximum absolute atomic E-state index is 8.92. The molecule has 2 aromatic rings. The van der Waals surface area contributed by atoms with Crippen LogP contribution in [-0.2, 0) is 13.1 Å². The molecular formula is C24H32N4+2. The van der Waals surface area contributed by atoms with Crippen LogP contribution < -0.4 is 9.13 Å². The Kier molecular flexibility index (Phi) is 10.4. The first kappa shape index (κ1) is 21.6. The van der Waals surface area contributed by atoms with Crippen molar-refractivity contribution in [2.45, 2.75) is 77.3 Å². The van der Waals surface area contributed by atoms with Crippen LogP contribution in [0.4, 0.5) is 0 Å². The average molecular weight is 377 g/mol. The topological polar surface area (TPSA) is 55.3 Å². The molecule has 2 rings (SSSR count). The minimum Gasteiger partial charge on any atom is -0.204 e.